The van der Waals surface area contributed by atoms with Crippen LogP contribution in [0, 0.1) is 0 Å². The van der Waals surface area contributed by atoms with E-state index in [9.17, 15) is 15.0 Å². The molecule has 1 aliphatic rings. The van der Waals surface area contributed by atoms with Crippen LogP contribution in [0.25, 0.3) is 11.2 Å². The highest BCUT2D eigenvalue weighted by atomic mass is 16.4. The van der Waals surface area contributed by atoms with Crippen molar-refractivity contribution in [3.8, 4) is 0 Å². The van der Waals surface area contributed by atoms with Crippen molar-refractivity contribution in [3.63, 3.8) is 0 Å². The van der Waals surface area contributed by atoms with Crippen LogP contribution in [0.5, 0.6) is 0 Å². The van der Waals surface area contributed by atoms with Crippen molar-refractivity contribution in [1.29, 1.82) is 0 Å². The van der Waals surface area contributed by atoms with Gasteiger partial charge in [0.05, 0.1) is 17.5 Å². The Kier molecular flexibility index (Phi) is 3.18. The maximum Gasteiger partial charge on any atom is 0.257 e. The van der Waals surface area contributed by atoms with Gasteiger partial charge in [-0.1, -0.05) is 0 Å². The molecule has 0 spiro atoms. The lowest BCUT2D eigenvalue weighted by atomic mass is 10.1. The van der Waals surface area contributed by atoms with Crippen LogP contribution < -0.4 is 5.32 Å². The number of nitrogens with zero attached hydrogens (tertiary/aromatic N) is 2. The molecule has 1 aliphatic carbocycles. The van der Waals surface area contributed by atoms with Gasteiger partial charge >= 0.3 is 0 Å². The van der Waals surface area contributed by atoms with Gasteiger partial charge in [-0.3, -0.25) is 4.79 Å². The van der Waals surface area contributed by atoms with E-state index in [-0.39, 0.29) is 0 Å². The van der Waals surface area contributed by atoms with Crippen LogP contribution in [0.2, 0.25) is 0 Å². The Morgan fingerprint density at radius 2 is 2.24 bits per heavy atom. The van der Waals surface area contributed by atoms with Gasteiger partial charge in [-0.2, -0.15) is 0 Å². The summed E-state index contributed by atoms with van der Waals surface area (Å²) in [7, 11) is 0. The molecule has 0 aliphatic heterocycles. The second-order valence-electron chi connectivity index (χ2n) is 6.00. The number of hydrogen-bond donors (Lipinski definition) is 4. The summed E-state index contributed by atoms with van der Waals surface area (Å²) in [5.74, 6) is -0.0622. The van der Waals surface area contributed by atoms with Gasteiger partial charge < -0.3 is 20.5 Å². The van der Waals surface area contributed by atoms with Gasteiger partial charge in [0.1, 0.15) is 11.1 Å². The smallest absolute Gasteiger partial charge is 0.257 e. The third-order valence-electron chi connectivity index (χ3n) is 3.58. The summed E-state index contributed by atoms with van der Waals surface area (Å²) in [6.07, 6.45) is 4.07. The van der Waals surface area contributed by atoms with Crippen molar-refractivity contribution in [2.75, 3.05) is 0 Å². The number of aliphatic hydroxyl groups is 2. The molecule has 21 heavy (non-hydrogen) atoms. The fourth-order valence-electron chi connectivity index (χ4n) is 2.03. The molecule has 1 fully saturated rings. The molecule has 0 bridgehead atoms. The first-order valence-corrected chi connectivity index (χ1v) is 6.91. The molecule has 3 rings (SSSR count). The highest BCUT2D eigenvalue weighted by Crippen LogP contribution is 2.39. The molecule has 7 heteroatoms. The molecule has 0 aromatic carbocycles. The van der Waals surface area contributed by atoms with Crippen LogP contribution in [0.15, 0.2) is 12.4 Å². The molecule has 2 heterocycles. The number of hydrogen-bond acceptors (Lipinski definition) is 5. The Balaban J connectivity index is 1.89. The van der Waals surface area contributed by atoms with Gasteiger partial charge in [0.15, 0.2) is 11.9 Å². The lowest BCUT2D eigenvalue weighted by Crippen LogP contribution is -2.49. The number of aromatic nitrogens is 3. The van der Waals surface area contributed by atoms with Crippen molar-refractivity contribution in [2.45, 2.75) is 44.4 Å². The third-order valence-corrected chi connectivity index (χ3v) is 3.58. The van der Waals surface area contributed by atoms with E-state index in [0.29, 0.717) is 22.6 Å². The number of aromatic amines is 1. The Hall–Kier alpha value is -1.99. The zero-order valence-electron chi connectivity index (χ0n) is 11.9. The maximum atomic E-state index is 12.2. The largest absolute Gasteiger partial charge is 0.386 e. The van der Waals surface area contributed by atoms with Crippen LogP contribution in [0.1, 0.15) is 48.7 Å². The first-order chi connectivity index (χ1) is 9.86. The molecule has 0 unspecified atom stereocenters. The minimum atomic E-state index is -1.42. The van der Waals surface area contributed by atoms with E-state index >= 15 is 0 Å². The van der Waals surface area contributed by atoms with Crippen LogP contribution >= 0.6 is 0 Å². The molecule has 0 saturated heterocycles. The first kappa shape index (κ1) is 14.0. The molecule has 4 N–H and O–H groups in total. The average Bonchev–Trinajstić information content (AvgIpc) is 3.16. The zero-order valence-corrected chi connectivity index (χ0v) is 11.9. The predicted molar refractivity (Wildman–Crippen MR) is 75.6 cm³/mol. The van der Waals surface area contributed by atoms with Gasteiger partial charge in [-0.25, -0.2) is 9.97 Å². The number of amides is 1. The lowest BCUT2D eigenvalue weighted by molar-refractivity contribution is -0.0600. The summed E-state index contributed by atoms with van der Waals surface area (Å²) in [4.78, 5) is 23.8. The van der Waals surface area contributed by atoms with E-state index in [1.807, 2.05) is 0 Å². The SMILES string of the molecule is CC(C)(O)[C@@H](O)NC(=O)c1c[nH]c2ncc(C3CC3)nc12. The second-order valence-corrected chi connectivity index (χ2v) is 6.00. The van der Waals surface area contributed by atoms with Gasteiger partial charge in [-0.15, -0.1) is 0 Å². The third kappa shape index (κ3) is 2.74. The molecule has 2 aromatic rings. The van der Waals surface area contributed by atoms with Crippen molar-refractivity contribution >= 4 is 17.1 Å². The van der Waals surface area contributed by atoms with Gasteiger partial charge in [-0.05, 0) is 26.7 Å². The van der Waals surface area contributed by atoms with E-state index in [0.717, 1.165) is 18.5 Å². The molecule has 0 radical (unpaired) electrons. The minimum absolute atomic E-state index is 0.309. The molecule has 1 atom stereocenters. The number of rotatable bonds is 4. The Labute approximate surface area is 121 Å². The first-order valence-electron chi connectivity index (χ1n) is 6.91. The molecular weight excluding hydrogens is 272 g/mol. The second kappa shape index (κ2) is 4.78. The van der Waals surface area contributed by atoms with Gasteiger partial charge in [0, 0.05) is 12.1 Å². The number of fused-ring (bicyclic) bond motifs is 1. The van der Waals surface area contributed by atoms with Crippen LogP contribution in [0.3, 0.4) is 0 Å². The van der Waals surface area contributed by atoms with Crippen molar-refractivity contribution < 1.29 is 15.0 Å². The van der Waals surface area contributed by atoms with Crippen molar-refractivity contribution in [3.05, 3.63) is 23.7 Å². The van der Waals surface area contributed by atoms with E-state index in [1.165, 1.54) is 20.0 Å². The standard InChI is InChI=1S/C14H18N4O3/c1-14(2,21)13(20)18-12(19)8-5-15-11-10(8)17-9(6-16-11)7-3-4-7/h5-7,13,20-21H,3-4H2,1-2H3,(H,15,16)(H,18,19)/t13-/m1/s1. The quantitative estimate of drug-likeness (QED) is 0.618. The summed E-state index contributed by atoms with van der Waals surface area (Å²) < 4.78 is 0. The summed E-state index contributed by atoms with van der Waals surface area (Å²) in [5, 5.41) is 21.8. The maximum absolute atomic E-state index is 12.2. The van der Waals surface area contributed by atoms with E-state index in [1.54, 1.807) is 6.20 Å². The molecule has 112 valence electrons. The minimum Gasteiger partial charge on any atom is -0.386 e. The summed E-state index contributed by atoms with van der Waals surface area (Å²) in [6.45, 7) is 2.83. The number of H-pyrrole nitrogens is 1. The van der Waals surface area contributed by atoms with Crippen LogP contribution in [-0.4, -0.2) is 42.9 Å². The van der Waals surface area contributed by atoms with Crippen molar-refractivity contribution in [1.82, 2.24) is 20.3 Å². The fraction of sp³-hybridized carbons (Fsp3) is 0.500. The highest BCUT2D eigenvalue weighted by Gasteiger charge is 2.29. The normalized spacial score (nSPS) is 17.0. The van der Waals surface area contributed by atoms with Crippen molar-refractivity contribution in [2.24, 2.45) is 0 Å². The zero-order chi connectivity index (χ0) is 15.2. The Morgan fingerprint density at radius 1 is 1.52 bits per heavy atom. The number of carbonyl (C=O) groups is 1. The number of carbonyl (C=O) groups excluding carboxylic acids is 1. The monoisotopic (exact) mass is 290 g/mol. The Morgan fingerprint density at radius 3 is 2.86 bits per heavy atom. The van der Waals surface area contributed by atoms with Crippen LogP contribution in [0.4, 0.5) is 0 Å². The molecule has 7 nitrogen and oxygen atoms in total. The van der Waals surface area contributed by atoms with Gasteiger partial charge in [0.25, 0.3) is 5.91 Å². The molecule has 2 aromatic heterocycles. The number of aliphatic hydroxyl groups excluding tert-OH is 1. The molecular formula is C14H18N4O3. The lowest BCUT2D eigenvalue weighted by Gasteiger charge is -2.24. The average molecular weight is 290 g/mol. The topological polar surface area (TPSA) is 111 Å². The van der Waals surface area contributed by atoms with E-state index < -0.39 is 17.7 Å². The van der Waals surface area contributed by atoms with E-state index in [4.69, 9.17) is 0 Å². The highest BCUT2D eigenvalue weighted by molar-refractivity contribution is 6.04. The summed E-state index contributed by atoms with van der Waals surface area (Å²) in [5.41, 5.74) is 0.789. The molecule has 1 saturated carbocycles. The Bertz CT molecular complexity index is 685. The van der Waals surface area contributed by atoms with Crippen LogP contribution in [-0.2, 0) is 0 Å². The summed E-state index contributed by atoms with van der Waals surface area (Å²) in [6, 6.07) is 0. The fourth-order valence-corrected chi connectivity index (χ4v) is 2.03. The summed E-state index contributed by atoms with van der Waals surface area (Å²) >= 11 is 0. The molecule has 1 amide bonds. The number of nitrogens with one attached hydrogen (secondary N) is 2. The van der Waals surface area contributed by atoms with Gasteiger partial charge in [0.2, 0.25) is 0 Å². The van der Waals surface area contributed by atoms with E-state index in [2.05, 4.69) is 20.3 Å². The predicted octanol–water partition coefficient (Wildman–Crippen LogP) is 0.654.